The summed E-state index contributed by atoms with van der Waals surface area (Å²) >= 11 is 13.8. The molecular formula is C14H18Cl2INO. The summed E-state index contributed by atoms with van der Waals surface area (Å²) in [5, 5.41) is 3.56. The minimum absolute atomic E-state index is 0.0531. The fraction of sp³-hybridized carbons (Fsp3) is 0.500. The predicted octanol–water partition coefficient (Wildman–Crippen LogP) is 4.72. The van der Waals surface area contributed by atoms with E-state index in [0.717, 1.165) is 16.4 Å². The molecule has 0 saturated heterocycles. The SMILES string of the molecule is CC(C)(CCCCl)CNC(=O)c1ccc(I)c(Cl)c1. The van der Waals surface area contributed by atoms with Crippen LogP contribution in [-0.2, 0) is 0 Å². The van der Waals surface area contributed by atoms with Crippen molar-refractivity contribution in [3.05, 3.63) is 32.4 Å². The van der Waals surface area contributed by atoms with E-state index >= 15 is 0 Å². The van der Waals surface area contributed by atoms with Crippen LogP contribution in [0.25, 0.3) is 0 Å². The molecule has 0 fully saturated rings. The lowest BCUT2D eigenvalue weighted by Crippen LogP contribution is -2.34. The number of hydrogen-bond acceptors (Lipinski definition) is 1. The lowest BCUT2D eigenvalue weighted by atomic mass is 9.88. The molecule has 0 unspecified atom stereocenters. The highest BCUT2D eigenvalue weighted by Gasteiger charge is 2.18. The molecule has 0 radical (unpaired) electrons. The maximum absolute atomic E-state index is 12.0. The van der Waals surface area contributed by atoms with Gasteiger partial charge in [0.25, 0.3) is 5.91 Å². The highest BCUT2D eigenvalue weighted by molar-refractivity contribution is 14.1. The number of nitrogens with one attached hydrogen (secondary N) is 1. The Morgan fingerprint density at radius 1 is 1.42 bits per heavy atom. The highest BCUT2D eigenvalue weighted by Crippen LogP contribution is 2.22. The Bertz CT molecular complexity index is 449. The van der Waals surface area contributed by atoms with Gasteiger partial charge >= 0.3 is 0 Å². The number of carbonyl (C=O) groups excluding carboxylic acids is 1. The highest BCUT2D eigenvalue weighted by atomic mass is 127. The predicted molar refractivity (Wildman–Crippen MR) is 90.2 cm³/mol. The van der Waals surface area contributed by atoms with Crippen LogP contribution in [0.15, 0.2) is 18.2 Å². The molecule has 0 aromatic heterocycles. The molecule has 5 heteroatoms. The molecule has 0 aliphatic carbocycles. The minimum atomic E-state index is -0.0859. The molecule has 1 rings (SSSR count). The number of alkyl halides is 1. The van der Waals surface area contributed by atoms with Gasteiger partial charge in [-0.15, -0.1) is 11.6 Å². The first-order chi connectivity index (χ1) is 8.85. The van der Waals surface area contributed by atoms with E-state index in [4.69, 9.17) is 23.2 Å². The molecule has 19 heavy (non-hydrogen) atoms. The summed E-state index contributed by atoms with van der Waals surface area (Å²) < 4.78 is 0.943. The van der Waals surface area contributed by atoms with Crippen LogP contribution in [0.5, 0.6) is 0 Å². The van der Waals surface area contributed by atoms with E-state index < -0.39 is 0 Å². The van der Waals surface area contributed by atoms with Crippen molar-refractivity contribution in [3.8, 4) is 0 Å². The third-order valence-electron chi connectivity index (χ3n) is 2.90. The van der Waals surface area contributed by atoms with Crippen LogP contribution in [0, 0.1) is 8.99 Å². The first-order valence-corrected chi connectivity index (χ1v) is 8.14. The maximum atomic E-state index is 12.0. The molecule has 0 saturated carbocycles. The minimum Gasteiger partial charge on any atom is -0.352 e. The Labute approximate surface area is 138 Å². The normalized spacial score (nSPS) is 11.4. The summed E-state index contributed by atoms with van der Waals surface area (Å²) in [5.41, 5.74) is 0.649. The van der Waals surface area contributed by atoms with E-state index in [0.29, 0.717) is 23.0 Å². The van der Waals surface area contributed by atoms with Gasteiger partial charge in [-0.25, -0.2) is 0 Å². The molecule has 1 amide bonds. The lowest BCUT2D eigenvalue weighted by molar-refractivity contribution is 0.0934. The summed E-state index contributed by atoms with van der Waals surface area (Å²) in [7, 11) is 0. The largest absolute Gasteiger partial charge is 0.352 e. The van der Waals surface area contributed by atoms with Crippen molar-refractivity contribution >= 4 is 51.7 Å². The van der Waals surface area contributed by atoms with Gasteiger partial charge in [0.05, 0.1) is 5.02 Å². The number of rotatable bonds is 6. The summed E-state index contributed by atoms with van der Waals surface area (Å²) in [6.45, 7) is 4.88. The van der Waals surface area contributed by atoms with Crippen molar-refractivity contribution in [2.75, 3.05) is 12.4 Å². The molecule has 0 bridgehead atoms. The second-order valence-electron chi connectivity index (χ2n) is 5.27. The van der Waals surface area contributed by atoms with Gasteiger partial charge in [-0.05, 0) is 59.0 Å². The Balaban J connectivity index is 2.57. The first-order valence-electron chi connectivity index (χ1n) is 6.15. The number of amides is 1. The molecule has 0 spiro atoms. The molecule has 0 aliphatic rings. The summed E-state index contributed by atoms with van der Waals surface area (Å²) in [6, 6.07) is 5.33. The van der Waals surface area contributed by atoms with Crippen LogP contribution in [0.4, 0.5) is 0 Å². The van der Waals surface area contributed by atoms with Crippen LogP contribution in [0.2, 0.25) is 5.02 Å². The van der Waals surface area contributed by atoms with Crippen molar-refractivity contribution in [2.45, 2.75) is 26.7 Å². The van der Waals surface area contributed by atoms with Gasteiger partial charge in [0.15, 0.2) is 0 Å². The first kappa shape index (κ1) is 17.1. The average molecular weight is 414 g/mol. The third kappa shape index (κ3) is 5.88. The molecule has 0 aliphatic heterocycles. The van der Waals surface area contributed by atoms with E-state index in [1.54, 1.807) is 12.1 Å². The van der Waals surface area contributed by atoms with Gasteiger partial charge in [-0.2, -0.15) is 0 Å². The topological polar surface area (TPSA) is 29.1 Å². The number of hydrogen-bond donors (Lipinski definition) is 1. The number of benzene rings is 1. The van der Waals surface area contributed by atoms with Crippen LogP contribution >= 0.6 is 45.8 Å². The summed E-state index contributed by atoms with van der Waals surface area (Å²) in [4.78, 5) is 12.0. The fourth-order valence-corrected chi connectivity index (χ4v) is 2.34. The van der Waals surface area contributed by atoms with E-state index in [1.807, 2.05) is 6.07 Å². The van der Waals surface area contributed by atoms with E-state index in [2.05, 4.69) is 41.8 Å². The Hall–Kier alpha value is -0.0000000000000000555. The van der Waals surface area contributed by atoms with Crippen LogP contribution < -0.4 is 5.32 Å². The van der Waals surface area contributed by atoms with Crippen molar-refractivity contribution in [1.29, 1.82) is 0 Å². The monoisotopic (exact) mass is 413 g/mol. The van der Waals surface area contributed by atoms with E-state index in [1.165, 1.54) is 0 Å². The average Bonchev–Trinajstić information content (AvgIpc) is 2.37. The fourth-order valence-electron chi connectivity index (χ4n) is 1.69. The molecule has 1 aromatic carbocycles. The molecular weight excluding hydrogens is 396 g/mol. The zero-order valence-corrected chi connectivity index (χ0v) is 14.8. The Morgan fingerprint density at radius 2 is 2.11 bits per heavy atom. The summed E-state index contributed by atoms with van der Waals surface area (Å²) in [6.07, 6.45) is 1.95. The van der Waals surface area contributed by atoms with Crippen molar-refractivity contribution in [3.63, 3.8) is 0 Å². The zero-order valence-electron chi connectivity index (χ0n) is 11.1. The van der Waals surface area contributed by atoms with Crippen molar-refractivity contribution in [1.82, 2.24) is 5.32 Å². The molecule has 0 heterocycles. The zero-order chi connectivity index (χ0) is 14.5. The molecule has 1 aromatic rings. The second-order valence-corrected chi connectivity index (χ2v) is 7.22. The van der Waals surface area contributed by atoms with Crippen molar-refractivity contribution in [2.24, 2.45) is 5.41 Å². The molecule has 2 nitrogen and oxygen atoms in total. The quantitative estimate of drug-likeness (QED) is 0.530. The maximum Gasteiger partial charge on any atom is 0.251 e. The van der Waals surface area contributed by atoms with Gasteiger partial charge in [0.1, 0.15) is 0 Å². The van der Waals surface area contributed by atoms with Gasteiger partial charge in [-0.1, -0.05) is 25.4 Å². The van der Waals surface area contributed by atoms with Crippen molar-refractivity contribution < 1.29 is 4.79 Å². The van der Waals surface area contributed by atoms with Crippen LogP contribution in [-0.4, -0.2) is 18.3 Å². The standard InChI is InChI=1S/C14H18Cl2INO/c1-14(2,6-3-7-15)9-18-13(19)10-4-5-12(17)11(16)8-10/h4-5,8H,3,6-7,9H2,1-2H3,(H,18,19). The molecule has 0 atom stereocenters. The van der Waals surface area contributed by atoms with Gasteiger partial charge in [0, 0.05) is 21.6 Å². The summed E-state index contributed by atoms with van der Waals surface area (Å²) in [5.74, 6) is 0.571. The van der Waals surface area contributed by atoms with E-state index in [-0.39, 0.29) is 11.3 Å². The van der Waals surface area contributed by atoms with Crippen LogP contribution in [0.1, 0.15) is 37.0 Å². The number of carbonyl (C=O) groups is 1. The second kappa shape index (κ2) is 7.70. The van der Waals surface area contributed by atoms with Gasteiger partial charge < -0.3 is 5.32 Å². The number of halogens is 3. The molecule has 106 valence electrons. The smallest absolute Gasteiger partial charge is 0.251 e. The lowest BCUT2D eigenvalue weighted by Gasteiger charge is -2.24. The van der Waals surface area contributed by atoms with Gasteiger partial charge in [-0.3, -0.25) is 4.79 Å². The van der Waals surface area contributed by atoms with Crippen LogP contribution in [0.3, 0.4) is 0 Å². The Morgan fingerprint density at radius 3 is 2.68 bits per heavy atom. The molecule has 1 N–H and O–H groups in total. The van der Waals surface area contributed by atoms with Gasteiger partial charge in [0.2, 0.25) is 0 Å². The Kier molecular flexibility index (Phi) is 6.91. The third-order valence-corrected chi connectivity index (χ3v) is 4.74. The van der Waals surface area contributed by atoms with E-state index in [9.17, 15) is 4.79 Å².